The van der Waals surface area contributed by atoms with Crippen molar-refractivity contribution in [2.45, 2.75) is 64.5 Å². The second-order valence-electron chi connectivity index (χ2n) is 6.54. The van der Waals surface area contributed by atoms with Crippen molar-refractivity contribution in [3.05, 3.63) is 23.8 Å². The molecule has 0 aliphatic heterocycles. The van der Waals surface area contributed by atoms with Crippen LogP contribution in [0.25, 0.3) is 0 Å². The molecule has 0 unspecified atom stereocenters. The van der Waals surface area contributed by atoms with Crippen LogP contribution in [0.15, 0.2) is 18.2 Å². The fourth-order valence-corrected chi connectivity index (χ4v) is 3.34. The number of hydrogen-bond donors (Lipinski definition) is 1. The van der Waals surface area contributed by atoms with Crippen LogP contribution in [0.2, 0.25) is 0 Å². The van der Waals surface area contributed by atoms with Gasteiger partial charge < -0.3 is 14.8 Å². The molecule has 0 heterocycles. The largest absolute Gasteiger partial charge is 0.493 e. The van der Waals surface area contributed by atoms with E-state index in [1.54, 1.807) is 12.1 Å². The van der Waals surface area contributed by atoms with E-state index in [-0.39, 0.29) is 24.0 Å². The van der Waals surface area contributed by atoms with Crippen molar-refractivity contribution in [1.82, 2.24) is 5.32 Å². The summed E-state index contributed by atoms with van der Waals surface area (Å²) in [6.45, 7) is -2.63. The molecule has 1 amide bonds. The van der Waals surface area contributed by atoms with Crippen molar-refractivity contribution in [2.75, 3.05) is 7.11 Å². The van der Waals surface area contributed by atoms with Crippen molar-refractivity contribution in [2.24, 2.45) is 5.92 Å². The first-order valence-corrected chi connectivity index (χ1v) is 8.97. The zero-order valence-electron chi connectivity index (χ0n) is 14.7. The third-order valence-electron chi connectivity index (χ3n) is 4.67. The zero-order chi connectivity index (χ0) is 18.1. The van der Waals surface area contributed by atoms with Gasteiger partial charge in [0.15, 0.2) is 11.5 Å². The van der Waals surface area contributed by atoms with Crippen LogP contribution < -0.4 is 14.8 Å². The summed E-state index contributed by atoms with van der Waals surface area (Å²) in [6.07, 6.45) is 9.08. The lowest BCUT2D eigenvalue weighted by atomic mass is 9.86. The first-order valence-electron chi connectivity index (χ1n) is 8.97. The number of rotatable bonds is 9. The molecule has 0 saturated heterocycles. The van der Waals surface area contributed by atoms with Crippen molar-refractivity contribution in [3.63, 3.8) is 0 Å². The average molecular weight is 355 g/mol. The van der Waals surface area contributed by atoms with E-state index in [0.717, 1.165) is 18.8 Å². The van der Waals surface area contributed by atoms with E-state index in [1.165, 1.54) is 45.3 Å². The highest BCUT2D eigenvalue weighted by atomic mass is 19.3. The predicted molar refractivity (Wildman–Crippen MR) is 91.9 cm³/mol. The van der Waals surface area contributed by atoms with Crippen LogP contribution in [0.4, 0.5) is 8.78 Å². The van der Waals surface area contributed by atoms with Crippen molar-refractivity contribution >= 4 is 5.91 Å². The van der Waals surface area contributed by atoms with Gasteiger partial charge in [-0.2, -0.15) is 8.78 Å². The quantitative estimate of drug-likeness (QED) is 0.701. The summed E-state index contributed by atoms with van der Waals surface area (Å²) >= 11 is 0. The van der Waals surface area contributed by atoms with E-state index in [4.69, 9.17) is 4.74 Å². The number of ether oxygens (including phenoxy) is 2. The molecule has 1 saturated carbocycles. The first-order chi connectivity index (χ1) is 12.1. The standard InChI is InChI=1S/C19H27F2NO3/c1-24-16-11-10-15(12-17(16)25-19(20)21)13-22-18(23)9-5-8-14-6-3-2-4-7-14/h10-12,14,19H,2-9,13H2,1H3,(H,22,23). The van der Waals surface area contributed by atoms with Crippen LogP contribution in [0, 0.1) is 5.92 Å². The Labute approximate surface area is 147 Å². The smallest absolute Gasteiger partial charge is 0.387 e. The van der Waals surface area contributed by atoms with Gasteiger partial charge in [-0.05, 0) is 36.5 Å². The minimum Gasteiger partial charge on any atom is -0.493 e. The molecule has 0 atom stereocenters. The van der Waals surface area contributed by atoms with Gasteiger partial charge in [0.2, 0.25) is 5.91 Å². The summed E-state index contributed by atoms with van der Waals surface area (Å²) < 4.78 is 34.3. The molecule has 25 heavy (non-hydrogen) atoms. The molecule has 1 aliphatic rings. The highest BCUT2D eigenvalue weighted by Gasteiger charge is 2.14. The number of hydrogen-bond acceptors (Lipinski definition) is 3. The van der Waals surface area contributed by atoms with Crippen LogP contribution in [0.1, 0.15) is 56.9 Å². The second kappa shape index (κ2) is 10.2. The summed E-state index contributed by atoms with van der Waals surface area (Å²) in [5.41, 5.74) is 0.692. The maximum Gasteiger partial charge on any atom is 0.387 e. The van der Waals surface area contributed by atoms with Gasteiger partial charge in [-0.15, -0.1) is 0 Å². The minimum absolute atomic E-state index is 0.0112. The third-order valence-corrected chi connectivity index (χ3v) is 4.67. The van der Waals surface area contributed by atoms with E-state index in [0.29, 0.717) is 12.0 Å². The van der Waals surface area contributed by atoms with E-state index in [9.17, 15) is 13.6 Å². The van der Waals surface area contributed by atoms with Crippen LogP contribution >= 0.6 is 0 Å². The molecular weight excluding hydrogens is 328 g/mol. The Hall–Kier alpha value is -1.85. The summed E-state index contributed by atoms with van der Waals surface area (Å²) in [5.74, 6) is 0.976. The molecule has 140 valence electrons. The second-order valence-corrected chi connectivity index (χ2v) is 6.54. The number of halogens is 2. The van der Waals surface area contributed by atoms with E-state index in [2.05, 4.69) is 10.1 Å². The van der Waals surface area contributed by atoms with E-state index in [1.807, 2.05) is 0 Å². The normalized spacial score (nSPS) is 15.2. The lowest BCUT2D eigenvalue weighted by molar-refractivity contribution is -0.121. The summed E-state index contributed by atoms with van der Waals surface area (Å²) in [7, 11) is 1.39. The third kappa shape index (κ3) is 6.88. The number of benzene rings is 1. The molecule has 0 spiro atoms. The Morgan fingerprint density at radius 3 is 2.68 bits per heavy atom. The van der Waals surface area contributed by atoms with Crippen LogP contribution in [0.5, 0.6) is 11.5 Å². The fraction of sp³-hybridized carbons (Fsp3) is 0.632. The van der Waals surface area contributed by atoms with Crippen molar-refractivity contribution in [1.29, 1.82) is 0 Å². The number of carbonyl (C=O) groups is 1. The van der Waals surface area contributed by atoms with Crippen molar-refractivity contribution < 1.29 is 23.0 Å². The number of methoxy groups -OCH3 is 1. The van der Waals surface area contributed by atoms with Crippen LogP contribution in [-0.2, 0) is 11.3 Å². The Kier molecular flexibility index (Phi) is 7.95. The summed E-state index contributed by atoms with van der Waals surface area (Å²) in [5, 5.41) is 2.83. The fourth-order valence-electron chi connectivity index (χ4n) is 3.34. The Bertz CT molecular complexity index is 545. The van der Waals surface area contributed by atoms with Gasteiger partial charge in [0.25, 0.3) is 0 Å². The van der Waals surface area contributed by atoms with Gasteiger partial charge in [-0.1, -0.05) is 38.2 Å². The number of amides is 1. The maximum absolute atomic E-state index is 12.4. The van der Waals surface area contributed by atoms with Crippen LogP contribution in [0.3, 0.4) is 0 Å². The Morgan fingerprint density at radius 2 is 2.00 bits per heavy atom. The molecule has 0 radical (unpaired) electrons. The lowest BCUT2D eigenvalue weighted by Gasteiger charge is -2.21. The van der Waals surface area contributed by atoms with Gasteiger partial charge in [0.1, 0.15) is 0 Å². The average Bonchev–Trinajstić information content (AvgIpc) is 2.60. The summed E-state index contributed by atoms with van der Waals surface area (Å²) in [6, 6.07) is 4.75. The molecule has 0 bridgehead atoms. The Morgan fingerprint density at radius 1 is 1.24 bits per heavy atom. The molecule has 1 fully saturated rings. The van der Waals surface area contributed by atoms with Gasteiger partial charge in [0.05, 0.1) is 7.11 Å². The Balaban J connectivity index is 1.74. The molecule has 1 aromatic carbocycles. The number of alkyl halides is 2. The van der Waals surface area contributed by atoms with Gasteiger partial charge in [0, 0.05) is 13.0 Å². The lowest BCUT2D eigenvalue weighted by Crippen LogP contribution is -2.22. The summed E-state index contributed by atoms with van der Waals surface area (Å²) in [4.78, 5) is 12.0. The highest BCUT2D eigenvalue weighted by molar-refractivity contribution is 5.75. The van der Waals surface area contributed by atoms with Crippen LogP contribution in [-0.4, -0.2) is 19.6 Å². The molecule has 2 rings (SSSR count). The number of nitrogens with one attached hydrogen (secondary N) is 1. The topological polar surface area (TPSA) is 47.6 Å². The monoisotopic (exact) mass is 355 g/mol. The molecule has 1 aliphatic carbocycles. The SMILES string of the molecule is COc1ccc(CNC(=O)CCCC2CCCCC2)cc1OC(F)F. The molecule has 4 nitrogen and oxygen atoms in total. The predicted octanol–water partition coefficient (Wildman–Crippen LogP) is 4.66. The molecule has 1 aromatic rings. The minimum atomic E-state index is -2.92. The van der Waals surface area contributed by atoms with E-state index < -0.39 is 6.61 Å². The van der Waals surface area contributed by atoms with Crippen molar-refractivity contribution in [3.8, 4) is 11.5 Å². The molecule has 1 N–H and O–H groups in total. The molecule has 6 heteroatoms. The van der Waals surface area contributed by atoms with Gasteiger partial charge >= 0.3 is 6.61 Å². The van der Waals surface area contributed by atoms with Gasteiger partial charge in [-0.3, -0.25) is 4.79 Å². The molecule has 0 aromatic heterocycles. The molecular formula is C19H27F2NO3. The van der Waals surface area contributed by atoms with Gasteiger partial charge in [-0.25, -0.2) is 0 Å². The maximum atomic E-state index is 12.4. The highest BCUT2D eigenvalue weighted by Crippen LogP contribution is 2.30. The van der Waals surface area contributed by atoms with E-state index >= 15 is 0 Å². The number of carbonyl (C=O) groups excluding carboxylic acids is 1. The first kappa shape index (κ1) is 19.5. The zero-order valence-corrected chi connectivity index (χ0v) is 14.7.